The molecule has 0 aliphatic carbocycles. The summed E-state index contributed by atoms with van der Waals surface area (Å²) in [5, 5.41) is 0. The first-order valence-electron chi connectivity index (χ1n) is 3.11. The molecule has 0 aromatic carbocycles. The van der Waals surface area contributed by atoms with Crippen molar-refractivity contribution in [3.63, 3.8) is 0 Å². The van der Waals surface area contributed by atoms with E-state index in [1.165, 1.54) is 7.11 Å². The maximum Gasteiger partial charge on any atom is 0.248 e. The lowest BCUT2D eigenvalue weighted by atomic mass is 10.2. The van der Waals surface area contributed by atoms with E-state index in [9.17, 15) is 4.79 Å². The van der Waals surface area contributed by atoms with Crippen LogP contribution < -0.4 is 0 Å². The van der Waals surface area contributed by atoms with Crippen LogP contribution in [-0.4, -0.2) is 37.6 Å². The molecule has 3 heteroatoms. The monoisotopic (exact) mass is 129 g/mol. The van der Waals surface area contributed by atoms with Gasteiger partial charge in [-0.05, 0) is 6.42 Å². The van der Waals surface area contributed by atoms with Crippen LogP contribution in [0.5, 0.6) is 0 Å². The fourth-order valence-electron chi connectivity index (χ4n) is 0.780. The van der Waals surface area contributed by atoms with Crippen LogP contribution in [0, 0.1) is 0 Å². The molecule has 0 N–H and O–H groups in total. The van der Waals surface area contributed by atoms with E-state index >= 15 is 0 Å². The van der Waals surface area contributed by atoms with Crippen LogP contribution >= 0.6 is 0 Å². The number of hydrogen-bond acceptors (Lipinski definition) is 2. The van der Waals surface area contributed by atoms with Crippen LogP contribution in [0.15, 0.2) is 0 Å². The van der Waals surface area contributed by atoms with Crippen molar-refractivity contribution in [2.24, 2.45) is 0 Å². The second kappa shape index (κ2) is 2.82. The molecule has 3 nitrogen and oxygen atoms in total. The first-order chi connectivity index (χ1) is 4.34. The largest absolute Gasteiger partial charge is 0.375 e. The molecule has 1 rings (SSSR count). The highest BCUT2D eigenvalue weighted by atomic mass is 16.5. The van der Waals surface area contributed by atoms with Gasteiger partial charge in [0.25, 0.3) is 0 Å². The van der Waals surface area contributed by atoms with E-state index in [1.54, 1.807) is 4.90 Å². The Morgan fingerprint density at radius 2 is 2.33 bits per heavy atom. The van der Waals surface area contributed by atoms with Gasteiger partial charge >= 0.3 is 0 Å². The molecule has 0 atom stereocenters. The van der Waals surface area contributed by atoms with Crippen LogP contribution in [0.1, 0.15) is 6.42 Å². The Morgan fingerprint density at radius 1 is 1.67 bits per heavy atom. The molecule has 1 aliphatic rings. The Labute approximate surface area is 54.6 Å². The standard InChI is InChI=1S/C6H11NO2/c1-9-5-6(8)7-3-2-4-7/h2-5H2,1H3. The Bertz CT molecular complexity index is 110. The van der Waals surface area contributed by atoms with Gasteiger partial charge in [0.15, 0.2) is 0 Å². The van der Waals surface area contributed by atoms with Crippen molar-refractivity contribution in [3.8, 4) is 0 Å². The number of rotatable bonds is 2. The van der Waals surface area contributed by atoms with Crippen molar-refractivity contribution in [3.05, 3.63) is 0 Å². The second-order valence-electron chi connectivity index (χ2n) is 2.17. The van der Waals surface area contributed by atoms with Crippen molar-refractivity contribution in [2.45, 2.75) is 6.42 Å². The molecule has 1 saturated heterocycles. The van der Waals surface area contributed by atoms with E-state index in [1.807, 2.05) is 0 Å². The van der Waals surface area contributed by atoms with Gasteiger partial charge in [-0.25, -0.2) is 0 Å². The minimum absolute atomic E-state index is 0.115. The molecule has 9 heavy (non-hydrogen) atoms. The van der Waals surface area contributed by atoms with E-state index in [2.05, 4.69) is 4.74 Å². The molecule has 1 aliphatic heterocycles. The zero-order chi connectivity index (χ0) is 6.69. The highest BCUT2D eigenvalue weighted by Gasteiger charge is 2.18. The zero-order valence-electron chi connectivity index (χ0n) is 5.59. The molecule has 0 spiro atoms. The third-order valence-electron chi connectivity index (χ3n) is 1.48. The molecule has 0 bridgehead atoms. The summed E-state index contributed by atoms with van der Waals surface area (Å²) in [6.45, 7) is 2.07. The van der Waals surface area contributed by atoms with Gasteiger partial charge in [-0.2, -0.15) is 0 Å². The number of likely N-dealkylation sites (tertiary alicyclic amines) is 1. The number of hydrogen-bond donors (Lipinski definition) is 0. The van der Waals surface area contributed by atoms with Gasteiger partial charge in [0.1, 0.15) is 6.61 Å². The molecule has 1 amide bonds. The third kappa shape index (κ3) is 1.42. The Balaban J connectivity index is 2.16. The van der Waals surface area contributed by atoms with Gasteiger partial charge in [-0.3, -0.25) is 4.79 Å². The lowest BCUT2D eigenvalue weighted by Gasteiger charge is -2.30. The molecular weight excluding hydrogens is 118 g/mol. The van der Waals surface area contributed by atoms with Crippen molar-refractivity contribution < 1.29 is 9.53 Å². The average molecular weight is 129 g/mol. The lowest BCUT2D eigenvalue weighted by molar-refractivity contribution is -0.138. The Hall–Kier alpha value is -0.570. The summed E-state index contributed by atoms with van der Waals surface area (Å²) in [4.78, 5) is 12.6. The maximum atomic E-state index is 10.8. The van der Waals surface area contributed by atoms with E-state index in [0.717, 1.165) is 19.5 Å². The minimum Gasteiger partial charge on any atom is -0.375 e. The topological polar surface area (TPSA) is 29.5 Å². The Kier molecular flexibility index (Phi) is 2.05. The zero-order valence-corrected chi connectivity index (χ0v) is 5.59. The SMILES string of the molecule is COCC(=O)N1CCC1. The summed E-state index contributed by atoms with van der Waals surface area (Å²) in [5.74, 6) is 0.115. The summed E-state index contributed by atoms with van der Waals surface area (Å²) < 4.78 is 4.67. The highest BCUT2D eigenvalue weighted by molar-refractivity contribution is 5.78. The van der Waals surface area contributed by atoms with E-state index < -0.39 is 0 Å². The molecule has 0 saturated carbocycles. The van der Waals surface area contributed by atoms with E-state index in [-0.39, 0.29) is 12.5 Å². The molecule has 0 unspecified atom stereocenters. The Morgan fingerprint density at radius 3 is 2.67 bits per heavy atom. The molecule has 1 heterocycles. The molecule has 1 fully saturated rings. The summed E-state index contributed by atoms with van der Waals surface area (Å²) in [5.41, 5.74) is 0. The van der Waals surface area contributed by atoms with E-state index in [0.29, 0.717) is 0 Å². The van der Waals surface area contributed by atoms with Crippen LogP contribution in [0.25, 0.3) is 0 Å². The first kappa shape index (κ1) is 6.55. The van der Waals surface area contributed by atoms with Crippen LogP contribution in [0.4, 0.5) is 0 Å². The van der Waals surface area contributed by atoms with Gasteiger partial charge < -0.3 is 9.64 Å². The number of carbonyl (C=O) groups excluding carboxylic acids is 1. The number of methoxy groups -OCH3 is 1. The maximum absolute atomic E-state index is 10.8. The summed E-state index contributed by atoms with van der Waals surface area (Å²) >= 11 is 0. The minimum atomic E-state index is 0.115. The first-order valence-corrected chi connectivity index (χ1v) is 3.11. The second-order valence-corrected chi connectivity index (χ2v) is 2.17. The van der Waals surface area contributed by atoms with Crippen molar-refractivity contribution in [1.29, 1.82) is 0 Å². The van der Waals surface area contributed by atoms with Crippen LogP contribution in [0.2, 0.25) is 0 Å². The number of nitrogens with zero attached hydrogens (tertiary/aromatic N) is 1. The van der Waals surface area contributed by atoms with Crippen molar-refractivity contribution >= 4 is 5.91 Å². The van der Waals surface area contributed by atoms with Gasteiger partial charge in [0.2, 0.25) is 5.91 Å². The number of carbonyl (C=O) groups is 1. The number of ether oxygens (including phenoxy) is 1. The van der Waals surface area contributed by atoms with Gasteiger partial charge in [-0.1, -0.05) is 0 Å². The predicted molar refractivity (Wildman–Crippen MR) is 33.1 cm³/mol. The predicted octanol–water partition coefficient (Wildman–Crippen LogP) is -0.135. The lowest BCUT2D eigenvalue weighted by Crippen LogP contribution is -2.43. The normalized spacial score (nSPS) is 17.2. The summed E-state index contributed by atoms with van der Waals surface area (Å²) in [6.07, 6.45) is 1.15. The summed E-state index contributed by atoms with van der Waals surface area (Å²) in [6, 6.07) is 0. The van der Waals surface area contributed by atoms with Gasteiger partial charge in [0.05, 0.1) is 0 Å². The smallest absolute Gasteiger partial charge is 0.248 e. The van der Waals surface area contributed by atoms with Crippen LogP contribution in [0.3, 0.4) is 0 Å². The van der Waals surface area contributed by atoms with Crippen LogP contribution in [-0.2, 0) is 9.53 Å². The van der Waals surface area contributed by atoms with Crippen molar-refractivity contribution in [1.82, 2.24) is 4.90 Å². The van der Waals surface area contributed by atoms with Gasteiger partial charge in [-0.15, -0.1) is 0 Å². The fraction of sp³-hybridized carbons (Fsp3) is 0.833. The molecule has 0 aromatic heterocycles. The average Bonchev–Trinajstić information content (AvgIpc) is 1.60. The molecular formula is C6H11NO2. The third-order valence-corrected chi connectivity index (χ3v) is 1.48. The summed E-state index contributed by atoms with van der Waals surface area (Å²) in [7, 11) is 1.54. The van der Waals surface area contributed by atoms with E-state index in [4.69, 9.17) is 0 Å². The quantitative estimate of drug-likeness (QED) is 0.519. The molecule has 0 radical (unpaired) electrons. The molecule has 0 aromatic rings. The number of amides is 1. The van der Waals surface area contributed by atoms with Gasteiger partial charge in [0, 0.05) is 20.2 Å². The molecule has 52 valence electrons. The fourth-order valence-corrected chi connectivity index (χ4v) is 0.780. The van der Waals surface area contributed by atoms with Crippen molar-refractivity contribution in [2.75, 3.05) is 26.8 Å². The highest BCUT2D eigenvalue weighted by Crippen LogP contribution is 2.04.